The zero-order chi connectivity index (χ0) is 13.9. The van der Waals surface area contributed by atoms with E-state index in [1.807, 2.05) is 0 Å². The Morgan fingerprint density at radius 2 is 2.21 bits per heavy atom. The largest absolute Gasteiger partial charge is 0.417 e. The Kier molecular flexibility index (Phi) is 4.29. The second-order valence-corrected chi connectivity index (χ2v) is 4.74. The molecule has 0 unspecified atom stereocenters. The van der Waals surface area contributed by atoms with Gasteiger partial charge < -0.3 is 5.32 Å². The van der Waals surface area contributed by atoms with Gasteiger partial charge in [0.1, 0.15) is 5.82 Å². The summed E-state index contributed by atoms with van der Waals surface area (Å²) in [5.74, 6) is 0.496. The van der Waals surface area contributed by atoms with Gasteiger partial charge in [0.15, 0.2) is 0 Å². The van der Waals surface area contributed by atoms with E-state index in [1.165, 1.54) is 12.5 Å². The molecule has 1 aromatic rings. The van der Waals surface area contributed by atoms with Crippen LogP contribution in [0.1, 0.15) is 25.3 Å². The molecule has 0 aliphatic carbocycles. The molecule has 1 saturated heterocycles. The van der Waals surface area contributed by atoms with Crippen molar-refractivity contribution < 1.29 is 13.2 Å². The zero-order valence-corrected chi connectivity index (χ0v) is 10.9. The Balaban J connectivity index is 1.90. The minimum atomic E-state index is -4.32. The van der Waals surface area contributed by atoms with Crippen LogP contribution in [0.3, 0.4) is 0 Å². The molecule has 106 valence electrons. The smallest absolute Gasteiger partial charge is 0.369 e. The average Bonchev–Trinajstić information content (AvgIpc) is 2.83. The maximum atomic E-state index is 12.4. The summed E-state index contributed by atoms with van der Waals surface area (Å²) in [5.41, 5.74) is -0.714. The Morgan fingerprint density at radius 3 is 2.79 bits per heavy atom. The SMILES string of the molecule is CCN1CCC[C@H]1CNc1ccc(C(F)(F)F)cn1. The van der Waals surface area contributed by atoms with Gasteiger partial charge in [-0.25, -0.2) is 4.98 Å². The topological polar surface area (TPSA) is 28.2 Å². The van der Waals surface area contributed by atoms with E-state index in [0.29, 0.717) is 11.9 Å². The van der Waals surface area contributed by atoms with Gasteiger partial charge in [0, 0.05) is 18.8 Å². The number of aromatic nitrogens is 1. The number of likely N-dealkylation sites (N-methyl/N-ethyl adjacent to an activating group) is 1. The summed E-state index contributed by atoms with van der Waals surface area (Å²) in [6, 6.07) is 2.89. The van der Waals surface area contributed by atoms with Gasteiger partial charge in [0.05, 0.1) is 5.56 Å². The summed E-state index contributed by atoms with van der Waals surface area (Å²) < 4.78 is 37.1. The molecule has 6 heteroatoms. The summed E-state index contributed by atoms with van der Waals surface area (Å²) >= 11 is 0. The lowest BCUT2D eigenvalue weighted by Gasteiger charge is -2.23. The van der Waals surface area contributed by atoms with Gasteiger partial charge in [-0.3, -0.25) is 4.90 Å². The highest BCUT2D eigenvalue weighted by atomic mass is 19.4. The third-order valence-electron chi connectivity index (χ3n) is 3.51. The van der Waals surface area contributed by atoms with Crippen LogP contribution in [0.4, 0.5) is 19.0 Å². The summed E-state index contributed by atoms with van der Waals surface area (Å²) in [5, 5.41) is 3.11. The van der Waals surface area contributed by atoms with E-state index in [9.17, 15) is 13.2 Å². The highest BCUT2D eigenvalue weighted by Gasteiger charge is 2.30. The summed E-state index contributed by atoms with van der Waals surface area (Å²) in [6.45, 7) is 4.96. The number of hydrogen-bond donors (Lipinski definition) is 1. The molecule has 0 radical (unpaired) electrons. The number of halogens is 3. The van der Waals surface area contributed by atoms with E-state index < -0.39 is 11.7 Å². The molecule has 1 atom stereocenters. The molecule has 0 amide bonds. The molecule has 3 nitrogen and oxygen atoms in total. The van der Waals surface area contributed by atoms with Crippen molar-refractivity contribution in [3.05, 3.63) is 23.9 Å². The van der Waals surface area contributed by atoms with Crippen LogP contribution in [0, 0.1) is 0 Å². The predicted octanol–water partition coefficient (Wildman–Crippen LogP) is 3.00. The number of nitrogens with one attached hydrogen (secondary N) is 1. The van der Waals surface area contributed by atoms with Crippen LogP contribution >= 0.6 is 0 Å². The molecular formula is C13H18F3N3. The molecule has 2 rings (SSSR count). The number of anilines is 1. The van der Waals surface area contributed by atoms with Crippen molar-refractivity contribution in [3.63, 3.8) is 0 Å². The molecule has 0 aromatic carbocycles. The molecular weight excluding hydrogens is 255 g/mol. The van der Waals surface area contributed by atoms with Crippen molar-refractivity contribution in [3.8, 4) is 0 Å². The molecule has 1 aliphatic heterocycles. The van der Waals surface area contributed by atoms with Crippen molar-refractivity contribution in [2.45, 2.75) is 32.0 Å². The van der Waals surface area contributed by atoms with Crippen LogP contribution in [0.15, 0.2) is 18.3 Å². The number of alkyl halides is 3. The molecule has 0 spiro atoms. The van der Waals surface area contributed by atoms with Gasteiger partial charge in [-0.15, -0.1) is 0 Å². The van der Waals surface area contributed by atoms with Crippen molar-refractivity contribution in [2.24, 2.45) is 0 Å². The lowest BCUT2D eigenvalue weighted by Crippen LogP contribution is -2.34. The van der Waals surface area contributed by atoms with E-state index >= 15 is 0 Å². The number of likely N-dealkylation sites (tertiary alicyclic amines) is 1. The molecule has 2 heterocycles. The first-order chi connectivity index (χ1) is 9.00. The number of nitrogens with zero attached hydrogens (tertiary/aromatic N) is 2. The summed E-state index contributed by atoms with van der Waals surface area (Å²) in [7, 11) is 0. The standard InChI is InChI=1S/C13H18F3N3/c1-2-19-7-3-4-11(19)9-18-12-6-5-10(8-17-12)13(14,15)16/h5-6,8,11H,2-4,7,9H2,1H3,(H,17,18)/t11-/m0/s1. The molecule has 1 N–H and O–H groups in total. The minimum Gasteiger partial charge on any atom is -0.369 e. The van der Waals surface area contributed by atoms with E-state index in [-0.39, 0.29) is 0 Å². The van der Waals surface area contributed by atoms with Gasteiger partial charge >= 0.3 is 6.18 Å². The maximum Gasteiger partial charge on any atom is 0.417 e. The summed E-state index contributed by atoms with van der Waals surface area (Å²) in [6.07, 6.45) is -1.15. The lowest BCUT2D eigenvalue weighted by molar-refractivity contribution is -0.137. The quantitative estimate of drug-likeness (QED) is 0.914. The Hall–Kier alpha value is -1.30. The zero-order valence-electron chi connectivity index (χ0n) is 10.9. The van der Waals surface area contributed by atoms with Crippen molar-refractivity contribution in [2.75, 3.05) is 25.0 Å². The maximum absolute atomic E-state index is 12.4. The molecule has 0 saturated carbocycles. The Labute approximate surface area is 110 Å². The van der Waals surface area contributed by atoms with Crippen molar-refractivity contribution in [1.29, 1.82) is 0 Å². The van der Waals surface area contributed by atoms with E-state index in [1.54, 1.807) is 0 Å². The number of rotatable bonds is 4. The van der Waals surface area contributed by atoms with Crippen LogP contribution < -0.4 is 5.32 Å². The van der Waals surface area contributed by atoms with Gasteiger partial charge in [0.25, 0.3) is 0 Å². The van der Waals surface area contributed by atoms with E-state index in [2.05, 4.69) is 22.1 Å². The average molecular weight is 273 g/mol. The number of hydrogen-bond acceptors (Lipinski definition) is 3. The van der Waals surface area contributed by atoms with E-state index in [0.717, 1.165) is 38.3 Å². The van der Waals surface area contributed by atoms with E-state index in [4.69, 9.17) is 0 Å². The third-order valence-corrected chi connectivity index (χ3v) is 3.51. The van der Waals surface area contributed by atoms with Crippen LogP contribution in [0.2, 0.25) is 0 Å². The van der Waals surface area contributed by atoms with Gasteiger partial charge in [0.2, 0.25) is 0 Å². The molecule has 0 bridgehead atoms. The second-order valence-electron chi connectivity index (χ2n) is 4.74. The Morgan fingerprint density at radius 1 is 1.42 bits per heavy atom. The number of pyridine rings is 1. The fraction of sp³-hybridized carbons (Fsp3) is 0.615. The normalized spacial score (nSPS) is 20.7. The first-order valence-corrected chi connectivity index (χ1v) is 6.52. The van der Waals surface area contributed by atoms with Crippen molar-refractivity contribution in [1.82, 2.24) is 9.88 Å². The third kappa shape index (κ3) is 3.59. The van der Waals surface area contributed by atoms with Gasteiger partial charge in [-0.05, 0) is 38.1 Å². The fourth-order valence-electron chi connectivity index (χ4n) is 2.43. The summed E-state index contributed by atoms with van der Waals surface area (Å²) in [4.78, 5) is 6.18. The minimum absolute atomic E-state index is 0.453. The van der Waals surface area contributed by atoms with Crippen LogP contribution in [-0.2, 0) is 6.18 Å². The predicted molar refractivity (Wildman–Crippen MR) is 68.0 cm³/mol. The van der Waals surface area contributed by atoms with Crippen LogP contribution in [0.25, 0.3) is 0 Å². The first kappa shape index (κ1) is 14.1. The first-order valence-electron chi connectivity index (χ1n) is 6.52. The highest BCUT2D eigenvalue weighted by Crippen LogP contribution is 2.28. The monoisotopic (exact) mass is 273 g/mol. The van der Waals surface area contributed by atoms with Gasteiger partial charge in [-0.2, -0.15) is 13.2 Å². The highest BCUT2D eigenvalue weighted by molar-refractivity contribution is 5.36. The Bertz CT molecular complexity index is 403. The second kappa shape index (κ2) is 5.77. The van der Waals surface area contributed by atoms with Crippen LogP contribution in [-0.4, -0.2) is 35.6 Å². The fourth-order valence-corrected chi connectivity index (χ4v) is 2.43. The molecule has 19 heavy (non-hydrogen) atoms. The van der Waals surface area contributed by atoms with Crippen LogP contribution in [0.5, 0.6) is 0 Å². The molecule has 1 aromatic heterocycles. The lowest BCUT2D eigenvalue weighted by atomic mass is 10.2. The molecule has 1 aliphatic rings. The van der Waals surface area contributed by atoms with Crippen molar-refractivity contribution >= 4 is 5.82 Å². The van der Waals surface area contributed by atoms with Gasteiger partial charge in [-0.1, -0.05) is 6.92 Å². The molecule has 1 fully saturated rings.